The average molecular weight is 361 g/mol. The van der Waals surface area contributed by atoms with Crippen LogP contribution in [0.3, 0.4) is 0 Å². The first-order valence-electron chi connectivity index (χ1n) is 7.73. The Morgan fingerprint density at radius 2 is 2.23 bits per heavy atom. The highest BCUT2D eigenvalue weighted by Crippen LogP contribution is 2.36. The number of nitriles is 1. The van der Waals surface area contributed by atoms with Crippen molar-refractivity contribution in [3.63, 3.8) is 0 Å². The van der Waals surface area contributed by atoms with Crippen molar-refractivity contribution < 1.29 is 4.74 Å². The number of halogens is 1. The molecule has 5 nitrogen and oxygen atoms in total. The van der Waals surface area contributed by atoms with Crippen LogP contribution < -0.4 is 9.64 Å². The fourth-order valence-corrected chi connectivity index (χ4v) is 3.84. The lowest BCUT2D eigenvalue weighted by molar-refractivity contribution is 0.315. The van der Waals surface area contributed by atoms with E-state index in [2.05, 4.69) is 31.5 Å². The van der Waals surface area contributed by atoms with Gasteiger partial charge in [-0.15, -0.1) is 0 Å². The van der Waals surface area contributed by atoms with Crippen molar-refractivity contribution in [3.05, 3.63) is 16.6 Å². The maximum Gasteiger partial charge on any atom is 0.206 e. The van der Waals surface area contributed by atoms with Crippen molar-refractivity contribution in [2.75, 3.05) is 24.6 Å². The van der Waals surface area contributed by atoms with Gasteiger partial charge in [-0.25, -0.2) is 4.98 Å². The van der Waals surface area contributed by atoms with E-state index in [1.807, 2.05) is 12.1 Å². The smallest absolute Gasteiger partial charge is 0.206 e. The van der Waals surface area contributed by atoms with Gasteiger partial charge in [0.15, 0.2) is 0 Å². The molecule has 0 spiro atoms. The van der Waals surface area contributed by atoms with Gasteiger partial charge < -0.3 is 14.2 Å². The quantitative estimate of drug-likeness (QED) is 0.782. The summed E-state index contributed by atoms with van der Waals surface area (Å²) in [4.78, 5) is 7.11. The van der Waals surface area contributed by atoms with Gasteiger partial charge in [0.25, 0.3) is 0 Å². The summed E-state index contributed by atoms with van der Waals surface area (Å²) in [6, 6.07) is 6.47. The zero-order valence-corrected chi connectivity index (χ0v) is 13.8. The first-order valence-corrected chi connectivity index (χ1v) is 8.52. The Labute approximate surface area is 137 Å². The summed E-state index contributed by atoms with van der Waals surface area (Å²) in [5.41, 5.74) is 2.04. The molecule has 1 saturated heterocycles. The van der Waals surface area contributed by atoms with E-state index in [0.29, 0.717) is 0 Å². The molecule has 0 bridgehead atoms. The average Bonchev–Trinajstić information content (AvgIpc) is 2.75. The van der Waals surface area contributed by atoms with Crippen LogP contribution in [0, 0.1) is 17.2 Å². The number of hydrogen-bond acceptors (Lipinski definition) is 4. The van der Waals surface area contributed by atoms with Gasteiger partial charge in [0.05, 0.1) is 24.1 Å². The molecule has 2 aliphatic rings. The second kappa shape index (κ2) is 5.47. The van der Waals surface area contributed by atoms with E-state index >= 15 is 0 Å². The number of piperidine rings is 1. The second-order valence-corrected chi connectivity index (χ2v) is 6.87. The molecule has 3 heterocycles. The van der Waals surface area contributed by atoms with Crippen LogP contribution in [-0.4, -0.2) is 29.2 Å². The van der Waals surface area contributed by atoms with Crippen molar-refractivity contribution >= 4 is 32.9 Å². The molecule has 22 heavy (non-hydrogen) atoms. The molecule has 1 aromatic carbocycles. The molecule has 0 N–H and O–H groups in total. The molecule has 6 heteroatoms. The zero-order chi connectivity index (χ0) is 15.1. The highest BCUT2D eigenvalue weighted by Gasteiger charge is 2.26. The van der Waals surface area contributed by atoms with Crippen LogP contribution >= 0.6 is 15.9 Å². The summed E-state index contributed by atoms with van der Waals surface area (Å²) in [5, 5.41) is 9.23. The van der Waals surface area contributed by atoms with Crippen LogP contribution in [-0.2, 0) is 6.54 Å². The molecule has 2 aliphatic heterocycles. The third-order valence-corrected chi connectivity index (χ3v) is 4.88. The van der Waals surface area contributed by atoms with E-state index in [1.165, 1.54) is 0 Å². The van der Waals surface area contributed by atoms with Gasteiger partial charge >= 0.3 is 0 Å². The summed E-state index contributed by atoms with van der Waals surface area (Å²) in [6.45, 7) is 3.39. The lowest BCUT2D eigenvalue weighted by Gasteiger charge is -2.30. The predicted molar refractivity (Wildman–Crippen MR) is 88.1 cm³/mol. The molecule has 0 radical (unpaired) electrons. The Hall–Kier alpha value is -1.74. The van der Waals surface area contributed by atoms with Crippen LogP contribution in [0.4, 0.5) is 5.95 Å². The molecular weight excluding hydrogens is 344 g/mol. The van der Waals surface area contributed by atoms with Gasteiger partial charge in [-0.05, 0) is 31.4 Å². The monoisotopic (exact) mass is 360 g/mol. The molecule has 0 amide bonds. The largest absolute Gasteiger partial charge is 0.491 e. The molecule has 114 valence electrons. The number of aryl methyl sites for hydroxylation is 1. The van der Waals surface area contributed by atoms with Gasteiger partial charge in [-0.3, -0.25) is 0 Å². The minimum atomic E-state index is 0.106. The highest BCUT2D eigenvalue weighted by atomic mass is 79.9. The molecule has 0 aliphatic carbocycles. The molecule has 1 unspecified atom stereocenters. The van der Waals surface area contributed by atoms with Crippen LogP contribution in [0.25, 0.3) is 11.0 Å². The predicted octanol–water partition coefficient (Wildman–Crippen LogP) is 3.32. The Balaban J connectivity index is 1.84. The number of imidazole rings is 1. The summed E-state index contributed by atoms with van der Waals surface area (Å²) in [6.07, 6.45) is 3.02. The zero-order valence-electron chi connectivity index (χ0n) is 12.3. The number of nitrogens with zero attached hydrogens (tertiary/aromatic N) is 4. The van der Waals surface area contributed by atoms with Crippen LogP contribution in [0.5, 0.6) is 5.75 Å². The number of hydrogen-bond donors (Lipinski definition) is 0. The van der Waals surface area contributed by atoms with E-state index in [9.17, 15) is 5.26 Å². The van der Waals surface area contributed by atoms with Gasteiger partial charge in [0.2, 0.25) is 5.95 Å². The molecule has 1 atom stereocenters. The molecule has 2 aromatic rings. The lowest BCUT2D eigenvalue weighted by Crippen LogP contribution is -2.36. The first-order chi connectivity index (χ1) is 10.8. The van der Waals surface area contributed by atoms with E-state index in [0.717, 1.165) is 72.7 Å². The summed E-state index contributed by atoms with van der Waals surface area (Å²) >= 11 is 3.54. The highest BCUT2D eigenvalue weighted by molar-refractivity contribution is 9.10. The number of rotatable bonds is 1. The molecule has 0 saturated carbocycles. The number of aromatic nitrogens is 2. The van der Waals surface area contributed by atoms with Gasteiger partial charge in [-0.2, -0.15) is 5.26 Å². The standard InChI is InChI=1S/C16H17BrN4O/c17-12-7-13-15-14(8-12)22-6-2-5-21(15)16(19-13)20-4-1-3-11(9-18)10-20/h7-8,11H,1-6,10H2. The lowest BCUT2D eigenvalue weighted by atomic mass is 10.0. The van der Waals surface area contributed by atoms with Crippen molar-refractivity contribution in [1.29, 1.82) is 5.26 Å². The van der Waals surface area contributed by atoms with E-state index in [4.69, 9.17) is 9.72 Å². The fraction of sp³-hybridized carbons (Fsp3) is 0.500. The van der Waals surface area contributed by atoms with Gasteiger partial charge in [0.1, 0.15) is 11.3 Å². The summed E-state index contributed by atoms with van der Waals surface area (Å²) < 4.78 is 9.14. The van der Waals surface area contributed by atoms with Crippen molar-refractivity contribution in [2.24, 2.45) is 5.92 Å². The number of ether oxygens (including phenoxy) is 1. The minimum Gasteiger partial charge on any atom is -0.491 e. The molecular formula is C16H17BrN4O. The van der Waals surface area contributed by atoms with Crippen molar-refractivity contribution in [1.82, 2.24) is 9.55 Å². The topological polar surface area (TPSA) is 54.1 Å². The van der Waals surface area contributed by atoms with Crippen molar-refractivity contribution in [2.45, 2.75) is 25.8 Å². The van der Waals surface area contributed by atoms with Crippen LogP contribution in [0.1, 0.15) is 19.3 Å². The second-order valence-electron chi connectivity index (χ2n) is 5.95. The van der Waals surface area contributed by atoms with E-state index in [1.54, 1.807) is 0 Å². The van der Waals surface area contributed by atoms with Crippen LogP contribution in [0.15, 0.2) is 16.6 Å². The van der Waals surface area contributed by atoms with E-state index < -0.39 is 0 Å². The third-order valence-electron chi connectivity index (χ3n) is 4.42. The minimum absolute atomic E-state index is 0.106. The summed E-state index contributed by atoms with van der Waals surface area (Å²) in [7, 11) is 0. The Kier molecular flexibility index (Phi) is 3.45. The fourth-order valence-electron chi connectivity index (χ4n) is 3.42. The Bertz CT molecular complexity index is 764. The normalized spacial score (nSPS) is 21.3. The molecule has 1 fully saturated rings. The Morgan fingerprint density at radius 3 is 3.09 bits per heavy atom. The number of benzene rings is 1. The molecule has 1 aromatic heterocycles. The SMILES string of the molecule is N#CC1CCCN(c2nc3cc(Br)cc4c3n2CCCO4)C1. The van der Waals surface area contributed by atoms with E-state index in [-0.39, 0.29) is 5.92 Å². The first kappa shape index (κ1) is 13.9. The molecule has 4 rings (SSSR count). The van der Waals surface area contributed by atoms with Gasteiger partial charge in [0, 0.05) is 24.1 Å². The maximum atomic E-state index is 9.23. The summed E-state index contributed by atoms with van der Waals surface area (Å²) in [5.74, 6) is 1.99. The van der Waals surface area contributed by atoms with Gasteiger partial charge in [-0.1, -0.05) is 15.9 Å². The van der Waals surface area contributed by atoms with Crippen LogP contribution in [0.2, 0.25) is 0 Å². The maximum absolute atomic E-state index is 9.23. The van der Waals surface area contributed by atoms with Crippen molar-refractivity contribution in [3.8, 4) is 11.8 Å². The third kappa shape index (κ3) is 2.24. The number of anilines is 1. The Morgan fingerprint density at radius 1 is 1.32 bits per heavy atom.